The average molecular weight is 248 g/mol. The van der Waals surface area contributed by atoms with Gasteiger partial charge in [0.1, 0.15) is 0 Å². The lowest BCUT2D eigenvalue weighted by Crippen LogP contribution is -1.90. The summed E-state index contributed by atoms with van der Waals surface area (Å²) in [5.74, 6) is 0.565. The lowest BCUT2D eigenvalue weighted by atomic mass is 9.98. The maximum absolute atomic E-state index is 3.38. The average Bonchev–Trinajstić information content (AvgIpc) is 2.63. The largest absolute Gasteiger partial charge is 0.0883 e. The van der Waals surface area contributed by atoms with Crippen molar-refractivity contribution in [2.45, 2.75) is 12.3 Å². The summed E-state index contributed by atoms with van der Waals surface area (Å²) in [4.78, 5) is 0. The van der Waals surface area contributed by atoms with Gasteiger partial charge in [-0.1, -0.05) is 52.4 Å². The van der Waals surface area contributed by atoms with Crippen LogP contribution in [0.2, 0.25) is 0 Å². The standard InChI is InChI=1S/C13H12Br/c14-10-4-3-6-12-9-8-11-5-1-2-7-13(11)12/h2-5,7-9,12H,6,10H2/b4-3+. The monoisotopic (exact) mass is 247 g/mol. The van der Waals surface area contributed by atoms with Gasteiger partial charge in [-0.15, -0.1) is 0 Å². The van der Waals surface area contributed by atoms with Crippen molar-refractivity contribution in [3.05, 3.63) is 53.6 Å². The Kier molecular flexibility index (Phi) is 3.20. The second kappa shape index (κ2) is 4.61. The fourth-order valence-corrected chi connectivity index (χ4v) is 2.04. The third kappa shape index (κ3) is 1.98. The van der Waals surface area contributed by atoms with Gasteiger partial charge in [0.2, 0.25) is 0 Å². The van der Waals surface area contributed by atoms with Crippen molar-refractivity contribution in [3.63, 3.8) is 0 Å². The maximum atomic E-state index is 3.38. The number of rotatable bonds is 3. The lowest BCUT2D eigenvalue weighted by Gasteiger charge is -2.07. The van der Waals surface area contributed by atoms with Gasteiger partial charge in [0.25, 0.3) is 0 Å². The fraction of sp³-hybridized carbons (Fsp3) is 0.231. The van der Waals surface area contributed by atoms with Gasteiger partial charge in [-0.2, -0.15) is 0 Å². The van der Waals surface area contributed by atoms with Crippen LogP contribution in [0.5, 0.6) is 0 Å². The molecule has 0 fully saturated rings. The Morgan fingerprint density at radius 3 is 3.21 bits per heavy atom. The van der Waals surface area contributed by atoms with Gasteiger partial charge in [0, 0.05) is 11.2 Å². The lowest BCUT2D eigenvalue weighted by molar-refractivity contribution is 0.879. The molecule has 0 aliphatic heterocycles. The molecule has 2 rings (SSSR count). The third-order valence-electron chi connectivity index (χ3n) is 2.48. The first kappa shape index (κ1) is 9.72. The van der Waals surface area contributed by atoms with Crippen molar-refractivity contribution in [1.29, 1.82) is 0 Å². The normalized spacial score (nSPS) is 19.1. The van der Waals surface area contributed by atoms with Crippen LogP contribution in [-0.4, -0.2) is 5.33 Å². The van der Waals surface area contributed by atoms with E-state index in [1.165, 1.54) is 11.1 Å². The molecular formula is C13H12Br. The molecule has 1 aliphatic carbocycles. The van der Waals surface area contributed by atoms with E-state index < -0.39 is 0 Å². The number of hydrogen-bond acceptors (Lipinski definition) is 0. The molecule has 0 nitrogen and oxygen atoms in total. The zero-order valence-corrected chi connectivity index (χ0v) is 9.50. The number of fused-ring (bicyclic) bond motifs is 1. The molecule has 1 aliphatic rings. The van der Waals surface area contributed by atoms with Crippen LogP contribution in [0.15, 0.2) is 36.4 Å². The number of halogens is 1. The Morgan fingerprint density at radius 1 is 1.43 bits per heavy atom. The van der Waals surface area contributed by atoms with Crippen molar-refractivity contribution >= 4 is 22.0 Å². The summed E-state index contributed by atoms with van der Waals surface area (Å²) < 4.78 is 0. The molecule has 1 atom stereocenters. The first-order valence-electron chi connectivity index (χ1n) is 4.81. The van der Waals surface area contributed by atoms with Crippen LogP contribution in [0.4, 0.5) is 0 Å². The van der Waals surface area contributed by atoms with E-state index in [2.05, 4.69) is 58.4 Å². The Labute approximate surface area is 93.5 Å². The smallest absolute Gasteiger partial charge is 0.0212 e. The van der Waals surface area contributed by atoms with E-state index in [1.54, 1.807) is 0 Å². The highest BCUT2D eigenvalue weighted by Gasteiger charge is 2.14. The number of hydrogen-bond donors (Lipinski definition) is 0. The summed E-state index contributed by atoms with van der Waals surface area (Å²) in [6, 6.07) is 9.32. The first-order chi connectivity index (χ1) is 6.92. The summed E-state index contributed by atoms with van der Waals surface area (Å²) in [6.45, 7) is 0. The highest BCUT2D eigenvalue weighted by Crippen LogP contribution is 2.32. The number of alkyl halides is 1. The quantitative estimate of drug-likeness (QED) is 0.561. The predicted molar refractivity (Wildman–Crippen MR) is 64.6 cm³/mol. The van der Waals surface area contributed by atoms with E-state index in [1.807, 2.05) is 6.07 Å². The van der Waals surface area contributed by atoms with Gasteiger partial charge in [0.05, 0.1) is 0 Å². The zero-order valence-electron chi connectivity index (χ0n) is 7.91. The summed E-state index contributed by atoms with van der Waals surface area (Å²) in [5.41, 5.74) is 2.76. The van der Waals surface area contributed by atoms with Crippen LogP contribution in [0.1, 0.15) is 23.5 Å². The van der Waals surface area contributed by atoms with Gasteiger partial charge in [-0.25, -0.2) is 0 Å². The molecule has 0 bridgehead atoms. The van der Waals surface area contributed by atoms with E-state index in [9.17, 15) is 0 Å². The van der Waals surface area contributed by atoms with Crippen molar-refractivity contribution in [2.75, 3.05) is 5.33 Å². The van der Waals surface area contributed by atoms with Crippen LogP contribution >= 0.6 is 15.9 Å². The molecule has 1 radical (unpaired) electrons. The molecule has 0 heterocycles. The summed E-state index contributed by atoms with van der Waals surface area (Å²) in [6.07, 6.45) is 9.95. The van der Waals surface area contributed by atoms with Crippen molar-refractivity contribution in [1.82, 2.24) is 0 Å². The molecule has 0 saturated heterocycles. The highest BCUT2D eigenvalue weighted by molar-refractivity contribution is 9.09. The molecule has 0 spiro atoms. The van der Waals surface area contributed by atoms with Crippen LogP contribution in [0.3, 0.4) is 0 Å². The fourth-order valence-electron chi connectivity index (χ4n) is 1.77. The third-order valence-corrected chi connectivity index (χ3v) is 2.86. The van der Waals surface area contributed by atoms with E-state index in [-0.39, 0.29) is 0 Å². The molecule has 0 saturated carbocycles. The SMILES string of the molecule is BrC/C=C/CC1C=Cc2c[c]ccc21. The van der Waals surface area contributed by atoms with E-state index >= 15 is 0 Å². The van der Waals surface area contributed by atoms with Gasteiger partial charge in [0.15, 0.2) is 0 Å². The maximum Gasteiger partial charge on any atom is 0.0212 e. The Bertz CT molecular complexity index is 363. The van der Waals surface area contributed by atoms with E-state index in [0.29, 0.717) is 5.92 Å². The van der Waals surface area contributed by atoms with Crippen LogP contribution in [0.25, 0.3) is 6.08 Å². The molecule has 1 unspecified atom stereocenters. The molecule has 0 aromatic heterocycles. The number of allylic oxidation sites excluding steroid dienone is 3. The van der Waals surface area contributed by atoms with Crippen molar-refractivity contribution in [2.24, 2.45) is 0 Å². The predicted octanol–water partition coefficient (Wildman–Crippen LogP) is 3.94. The van der Waals surface area contributed by atoms with Crippen LogP contribution in [-0.2, 0) is 0 Å². The minimum atomic E-state index is 0.565. The highest BCUT2D eigenvalue weighted by atomic mass is 79.9. The topological polar surface area (TPSA) is 0 Å². The van der Waals surface area contributed by atoms with Gasteiger partial charge in [-0.3, -0.25) is 0 Å². The molecule has 71 valence electrons. The Hall–Kier alpha value is -0.820. The summed E-state index contributed by atoms with van der Waals surface area (Å²) in [7, 11) is 0. The van der Waals surface area contributed by atoms with Crippen molar-refractivity contribution < 1.29 is 0 Å². The summed E-state index contributed by atoms with van der Waals surface area (Å²) in [5, 5.41) is 0.943. The van der Waals surface area contributed by atoms with Crippen LogP contribution < -0.4 is 0 Å². The van der Waals surface area contributed by atoms with E-state index in [0.717, 1.165) is 11.8 Å². The molecule has 0 N–H and O–H groups in total. The van der Waals surface area contributed by atoms with E-state index in [4.69, 9.17) is 0 Å². The molecule has 0 amide bonds. The summed E-state index contributed by atoms with van der Waals surface area (Å²) >= 11 is 3.38. The van der Waals surface area contributed by atoms with Gasteiger partial charge < -0.3 is 0 Å². The Balaban J connectivity index is 2.11. The number of benzene rings is 1. The minimum Gasteiger partial charge on any atom is -0.0883 e. The zero-order chi connectivity index (χ0) is 9.80. The molecule has 1 aromatic carbocycles. The second-order valence-electron chi connectivity index (χ2n) is 3.38. The van der Waals surface area contributed by atoms with Gasteiger partial charge in [-0.05, 0) is 29.7 Å². The molecule has 1 heteroatoms. The second-order valence-corrected chi connectivity index (χ2v) is 4.03. The first-order valence-corrected chi connectivity index (χ1v) is 5.93. The molecule has 14 heavy (non-hydrogen) atoms. The molecular weight excluding hydrogens is 236 g/mol. The minimum absolute atomic E-state index is 0.565. The Morgan fingerprint density at radius 2 is 2.36 bits per heavy atom. The van der Waals surface area contributed by atoms with Crippen molar-refractivity contribution in [3.8, 4) is 0 Å². The van der Waals surface area contributed by atoms with Crippen LogP contribution in [0, 0.1) is 6.07 Å². The molecule has 1 aromatic rings. The van der Waals surface area contributed by atoms with Gasteiger partial charge >= 0.3 is 0 Å².